The largest absolute Gasteiger partial charge is 0.351 e. The summed E-state index contributed by atoms with van der Waals surface area (Å²) >= 11 is 0. The maximum Gasteiger partial charge on any atom is 0.319 e. The van der Waals surface area contributed by atoms with Crippen molar-refractivity contribution >= 4 is 17.7 Å². The number of tetrazole rings is 1. The van der Waals surface area contributed by atoms with Crippen molar-refractivity contribution < 1.29 is 4.79 Å². The number of hydrogen-bond acceptors (Lipinski definition) is 6. The summed E-state index contributed by atoms with van der Waals surface area (Å²) in [6, 6.07) is 17.8. The Kier molecular flexibility index (Phi) is 5.37. The summed E-state index contributed by atoms with van der Waals surface area (Å²) in [6.07, 6.45) is 0. The summed E-state index contributed by atoms with van der Waals surface area (Å²) in [5.74, 6) is 0.491. The second-order valence-electron chi connectivity index (χ2n) is 5.25. The topological polar surface area (TPSA) is 121 Å². The third kappa shape index (κ3) is 4.33. The van der Waals surface area contributed by atoms with Crippen LogP contribution >= 0.6 is 0 Å². The summed E-state index contributed by atoms with van der Waals surface area (Å²) in [6.45, 7) is 0.831. The summed E-state index contributed by atoms with van der Waals surface area (Å²) in [5.41, 5.74) is 1.99. The minimum atomic E-state index is -0.334. The number of nitrogens with one attached hydrogen (secondary N) is 3. The molecule has 2 amide bonds. The van der Waals surface area contributed by atoms with Crippen LogP contribution in [0.1, 0.15) is 5.56 Å². The van der Waals surface area contributed by atoms with Gasteiger partial charge in [0.2, 0.25) is 5.95 Å². The lowest BCUT2D eigenvalue weighted by Gasteiger charge is -2.09. The van der Waals surface area contributed by atoms with Crippen molar-refractivity contribution in [1.82, 2.24) is 25.5 Å². The first-order chi connectivity index (χ1) is 12.8. The third-order valence-electron chi connectivity index (χ3n) is 3.44. The number of carbonyl (C=O) groups excluding carboxylic acids is 1. The van der Waals surface area contributed by atoms with Gasteiger partial charge in [0, 0.05) is 18.8 Å². The average molecular weight is 348 g/mol. The van der Waals surface area contributed by atoms with Crippen LogP contribution in [0.3, 0.4) is 0 Å². The van der Waals surface area contributed by atoms with E-state index >= 15 is 0 Å². The zero-order chi connectivity index (χ0) is 18.2. The molecule has 3 N–H and O–H groups in total. The van der Waals surface area contributed by atoms with Gasteiger partial charge in [-0.15, -0.1) is 0 Å². The second-order valence-corrected chi connectivity index (χ2v) is 5.25. The SMILES string of the molecule is N#Cc1ccc(NC(=O)NCCNc2nnnn2-c2ccccc2)cc1. The number of anilines is 2. The van der Waals surface area contributed by atoms with Crippen molar-refractivity contribution in [2.24, 2.45) is 0 Å². The summed E-state index contributed by atoms with van der Waals surface area (Å²) in [7, 11) is 0. The maximum atomic E-state index is 11.9. The van der Waals surface area contributed by atoms with Crippen molar-refractivity contribution in [1.29, 1.82) is 5.26 Å². The summed E-state index contributed by atoms with van der Waals surface area (Å²) < 4.78 is 1.58. The Hall–Kier alpha value is -3.93. The van der Waals surface area contributed by atoms with Gasteiger partial charge in [-0.05, 0) is 46.8 Å². The van der Waals surface area contributed by atoms with Gasteiger partial charge >= 0.3 is 6.03 Å². The maximum absolute atomic E-state index is 11.9. The molecule has 0 aliphatic carbocycles. The number of carbonyl (C=O) groups is 1. The number of rotatable bonds is 6. The summed E-state index contributed by atoms with van der Waals surface area (Å²) in [5, 5.41) is 28.8. The molecule has 0 spiro atoms. The smallest absolute Gasteiger partial charge is 0.319 e. The standard InChI is InChI=1S/C17H16N8O/c18-12-13-6-8-14(9-7-13)21-17(26)20-11-10-19-16-22-23-24-25(16)15-4-2-1-3-5-15/h1-9H,10-11H2,(H,19,22,24)(H2,20,21,26). The fourth-order valence-corrected chi connectivity index (χ4v) is 2.19. The van der Waals surface area contributed by atoms with Crippen LogP contribution in [0, 0.1) is 11.3 Å². The van der Waals surface area contributed by atoms with Gasteiger partial charge in [0.25, 0.3) is 0 Å². The molecule has 2 aromatic carbocycles. The number of nitriles is 1. The minimum absolute atomic E-state index is 0.334. The van der Waals surface area contributed by atoms with Gasteiger partial charge in [-0.1, -0.05) is 23.3 Å². The highest BCUT2D eigenvalue weighted by atomic mass is 16.2. The van der Waals surface area contributed by atoms with Crippen molar-refractivity contribution in [3.05, 3.63) is 60.2 Å². The number of urea groups is 1. The molecule has 1 aromatic heterocycles. The number of amides is 2. The molecular weight excluding hydrogens is 332 g/mol. The van der Waals surface area contributed by atoms with Gasteiger partial charge in [-0.3, -0.25) is 0 Å². The quantitative estimate of drug-likeness (QED) is 0.584. The van der Waals surface area contributed by atoms with E-state index in [0.29, 0.717) is 30.3 Å². The van der Waals surface area contributed by atoms with Crippen molar-refractivity contribution in [3.63, 3.8) is 0 Å². The van der Waals surface area contributed by atoms with Crippen LogP contribution < -0.4 is 16.0 Å². The molecule has 0 aliphatic heterocycles. The lowest BCUT2D eigenvalue weighted by molar-refractivity contribution is 0.252. The zero-order valence-electron chi connectivity index (χ0n) is 13.8. The van der Waals surface area contributed by atoms with Gasteiger partial charge < -0.3 is 16.0 Å². The lowest BCUT2D eigenvalue weighted by Crippen LogP contribution is -2.32. The third-order valence-corrected chi connectivity index (χ3v) is 3.44. The second kappa shape index (κ2) is 8.25. The Labute approximate surface area is 149 Å². The summed E-state index contributed by atoms with van der Waals surface area (Å²) in [4.78, 5) is 11.9. The predicted octanol–water partition coefficient (Wildman–Crippen LogP) is 1.77. The van der Waals surface area contributed by atoms with Crippen molar-refractivity contribution in [2.75, 3.05) is 23.7 Å². The average Bonchev–Trinajstić information content (AvgIpc) is 3.15. The molecule has 0 atom stereocenters. The molecule has 0 saturated carbocycles. The number of hydrogen-bond donors (Lipinski definition) is 3. The van der Waals surface area contributed by atoms with Gasteiger partial charge in [0.05, 0.1) is 17.3 Å². The molecule has 1 heterocycles. The van der Waals surface area contributed by atoms with E-state index in [-0.39, 0.29) is 6.03 Å². The molecule has 9 nitrogen and oxygen atoms in total. The first-order valence-electron chi connectivity index (χ1n) is 7.89. The highest BCUT2D eigenvalue weighted by Crippen LogP contribution is 2.10. The fourth-order valence-electron chi connectivity index (χ4n) is 2.19. The number of nitrogens with zero attached hydrogens (tertiary/aromatic N) is 5. The van der Waals surface area contributed by atoms with Crippen LogP contribution in [-0.2, 0) is 0 Å². The van der Waals surface area contributed by atoms with Crippen molar-refractivity contribution in [2.45, 2.75) is 0 Å². The van der Waals surface area contributed by atoms with Crippen LogP contribution in [0.25, 0.3) is 5.69 Å². The van der Waals surface area contributed by atoms with Gasteiger partial charge in [-0.2, -0.15) is 9.94 Å². The van der Waals surface area contributed by atoms with E-state index in [4.69, 9.17) is 5.26 Å². The molecule has 3 rings (SSSR count). The Morgan fingerprint density at radius 1 is 1.08 bits per heavy atom. The van der Waals surface area contributed by atoms with Crippen LogP contribution in [0.4, 0.5) is 16.4 Å². The molecule has 3 aromatic rings. The van der Waals surface area contributed by atoms with Crippen LogP contribution in [-0.4, -0.2) is 39.3 Å². The number of benzene rings is 2. The number of para-hydroxylation sites is 1. The van der Waals surface area contributed by atoms with E-state index in [2.05, 4.69) is 31.5 Å². The van der Waals surface area contributed by atoms with Gasteiger partial charge in [0.15, 0.2) is 0 Å². The molecular formula is C17H16N8O. The Balaban J connectivity index is 1.45. The molecule has 0 saturated heterocycles. The Morgan fingerprint density at radius 3 is 2.58 bits per heavy atom. The normalized spacial score (nSPS) is 9.96. The Morgan fingerprint density at radius 2 is 1.85 bits per heavy atom. The van der Waals surface area contributed by atoms with Crippen LogP contribution in [0.2, 0.25) is 0 Å². The van der Waals surface area contributed by atoms with E-state index in [1.54, 1.807) is 28.9 Å². The van der Waals surface area contributed by atoms with Crippen LogP contribution in [0.5, 0.6) is 0 Å². The molecule has 0 unspecified atom stereocenters. The molecule has 0 fully saturated rings. The lowest BCUT2D eigenvalue weighted by atomic mass is 10.2. The first kappa shape index (κ1) is 16.9. The molecule has 130 valence electrons. The molecule has 9 heteroatoms. The highest BCUT2D eigenvalue weighted by Gasteiger charge is 2.07. The molecule has 0 bridgehead atoms. The van der Waals surface area contributed by atoms with Crippen molar-refractivity contribution in [3.8, 4) is 11.8 Å². The van der Waals surface area contributed by atoms with Gasteiger partial charge in [0.1, 0.15) is 0 Å². The Bertz CT molecular complexity index is 899. The zero-order valence-corrected chi connectivity index (χ0v) is 13.8. The van der Waals surface area contributed by atoms with E-state index < -0.39 is 0 Å². The molecule has 0 radical (unpaired) electrons. The van der Waals surface area contributed by atoms with E-state index in [1.807, 2.05) is 36.4 Å². The molecule has 0 aliphatic rings. The van der Waals surface area contributed by atoms with E-state index in [1.165, 1.54) is 0 Å². The predicted molar refractivity (Wildman–Crippen MR) is 95.8 cm³/mol. The van der Waals surface area contributed by atoms with E-state index in [9.17, 15) is 4.79 Å². The van der Waals surface area contributed by atoms with Gasteiger partial charge in [-0.25, -0.2) is 4.79 Å². The first-order valence-corrected chi connectivity index (χ1v) is 7.89. The monoisotopic (exact) mass is 348 g/mol. The molecule has 26 heavy (non-hydrogen) atoms. The minimum Gasteiger partial charge on any atom is -0.351 e. The fraction of sp³-hybridized carbons (Fsp3) is 0.118. The highest BCUT2D eigenvalue weighted by molar-refractivity contribution is 5.89. The number of aromatic nitrogens is 4. The van der Waals surface area contributed by atoms with E-state index in [0.717, 1.165) is 5.69 Å². The van der Waals surface area contributed by atoms with Crippen LogP contribution in [0.15, 0.2) is 54.6 Å².